The summed E-state index contributed by atoms with van der Waals surface area (Å²) >= 11 is 1.52. The van der Waals surface area contributed by atoms with Gasteiger partial charge in [-0.15, -0.1) is 11.3 Å². The molecule has 0 saturated heterocycles. The summed E-state index contributed by atoms with van der Waals surface area (Å²) in [6.45, 7) is 2.08. The zero-order valence-electron chi connectivity index (χ0n) is 16.2. The van der Waals surface area contributed by atoms with E-state index in [4.69, 9.17) is 4.74 Å². The smallest absolute Gasteiger partial charge is 0.264 e. The van der Waals surface area contributed by atoms with Gasteiger partial charge in [-0.05, 0) is 48.7 Å². The molecule has 0 radical (unpaired) electrons. The number of ether oxygens (including phenoxy) is 1. The summed E-state index contributed by atoms with van der Waals surface area (Å²) in [6, 6.07) is 12.0. The molecule has 0 aliphatic carbocycles. The molecule has 0 aliphatic rings. The highest BCUT2D eigenvalue weighted by molar-refractivity contribution is 7.92. The Morgan fingerprint density at radius 3 is 2.59 bits per heavy atom. The number of rotatable bonds is 6. The van der Waals surface area contributed by atoms with Crippen molar-refractivity contribution < 1.29 is 13.2 Å². The van der Waals surface area contributed by atoms with E-state index in [1.54, 1.807) is 55.4 Å². The average molecular weight is 429 g/mol. The van der Waals surface area contributed by atoms with Crippen molar-refractivity contribution in [1.29, 1.82) is 0 Å². The predicted molar refractivity (Wildman–Crippen MR) is 114 cm³/mol. The molecule has 0 spiro atoms. The molecule has 4 rings (SSSR count). The molecule has 0 aliphatic heterocycles. The van der Waals surface area contributed by atoms with Crippen molar-refractivity contribution in [3.8, 4) is 5.75 Å². The number of benzene rings is 1. The minimum atomic E-state index is -3.83. The molecule has 0 N–H and O–H groups in total. The highest BCUT2D eigenvalue weighted by Crippen LogP contribution is 2.34. The number of nitrogens with zero attached hydrogens (tertiary/aromatic N) is 4. The van der Waals surface area contributed by atoms with Crippen molar-refractivity contribution in [2.45, 2.75) is 18.4 Å². The summed E-state index contributed by atoms with van der Waals surface area (Å²) in [5.41, 5.74) is 1.93. The minimum Gasteiger partial charge on any atom is -0.497 e. The highest BCUT2D eigenvalue weighted by Gasteiger charge is 2.28. The largest absolute Gasteiger partial charge is 0.497 e. The Morgan fingerprint density at radius 2 is 1.93 bits per heavy atom. The first-order chi connectivity index (χ1) is 13.9. The molecule has 7 nitrogen and oxygen atoms in total. The van der Waals surface area contributed by atoms with Gasteiger partial charge in [0.2, 0.25) is 0 Å². The molecule has 9 heteroatoms. The predicted octanol–water partition coefficient (Wildman–Crippen LogP) is 3.74. The van der Waals surface area contributed by atoms with Crippen LogP contribution in [0.2, 0.25) is 0 Å². The van der Waals surface area contributed by atoms with Gasteiger partial charge in [-0.3, -0.25) is 8.99 Å². The number of fused-ring (bicyclic) bond motifs is 1. The molecule has 0 saturated carbocycles. The van der Waals surface area contributed by atoms with Gasteiger partial charge in [0.25, 0.3) is 10.0 Å². The van der Waals surface area contributed by atoms with Crippen LogP contribution < -0.4 is 9.04 Å². The van der Waals surface area contributed by atoms with Crippen LogP contribution in [-0.4, -0.2) is 30.3 Å². The van der Waals surface area contributed by atoms with Gasteiger partial charge in [-0.1, -0.05) is 6.07 Å². The van der Waals surface area contributed by atoms with E-state index in [9.17, 15) is 8.42 Å². The summed E-state index contributed by atoms with van der Waals surface area (Å²) in [6.07, 6.45) is 1.61. The fourth-order valence-corrected chi connectivity index (χ4v) is 5.51. The Bertz CT molecular complexity index is 1250. The molecule has 3 heterocycles. The van der Waals surface area contributed by atoms with E-state index in [0.717, 1.165) is 16.0 Å². The minimum absolute atomic E-state index is 0.196. The molecule has 4 aromatic rings. The first-order valence-electron chi connectivity index (χ1n) is 8.89. The molecule has 0 bridgehead atoms. The van der Waals surface area contributed by atoms with Crippen LogP contribution in [0.15, 0.2) is 58.9 Å². The zero-order valence-corrected chi connectivity index (χ0v) is 17.9. The Balaban J connectivity index is 1.91. The first kappa shape index (κ1) is 19.4. The van der Waals surface area contributed by atoms with Gasteiger partial charge < -0.3 is 4.74 Å². The van der Waals surface area contributed by atoms with Crippen molar-refractivity contribution in [3.63, 3.8) is 0 Å². The van der Waals surface area contributed by atoms with Crippen LogP contribution in [0, 0.1) is 6.92 Å². The average Bonchev–Trinajstić information content (AvgIpc) is 3.34. The second kappa shape index (κ2) is 7.49. The molecule has 3 aromatic heterocycles. The lowest BCUT2D eigenvalue weighted by Gasteiger charge is -2.25. The molecular weight excluding hydrogens is 408 g/mol. The maximum absolute atomic E-state index is 13.7. The second-order valence-electron chi connectivity index (χ2n) is 6.50. The van der Waals surface area contributed by atoms with Crippen molar-refractivity contribution >= 4 is 38.1 Å². The third kappa shape index (κ3) is 3.47. The van der Waals surface area contributed by atoms with Gasteiger partial charge in [0.05, 0.1) is 35.3 Å². The zero-order chi connectivity index (χ0) is 20.6. The SMILES string of the molecule is COc1ccc(S(=O)(=O)N(Cc2cccs2)c2ccnc3c2c(C)nn3C)cc1. The fraction of sp³-hybridized carbons (Fsp3) is 0.200. The summed E-state index contributed by atoms with van der Waals surface area (Å²) in [7, 11) is -0.488. The van der Waals surface area contributed by atoms with Crippen LogP contribution in [0.4, 0.5) is 5.69 Å². The van der Waals surface area contributed by atoms with Gasteiger partial charge in [0.15, 0.2) is 5.65 Å². The number of aromatic nitrogens is 3. The van der Waals surface area contributed by atoms with E-state index in [0.29, 0.717) is 17.1 Å². The topological polar surface area (TPSA) is 77.3 Å². The van der Waals surface area contributed by atoms with Crippen LogP contribution in [-0.2, 0) is 23.6 Å². The summed E-state index contributed by atoms with van der Waals surface area (Å²) in [5.74, 6) is 0.600. The van der Waals surface area contributed by atoms with Crippen molar-refractivity contribution in [2.75, 3.05) is 11.4 Å². The number of pyridine rings is 1. The third-order valence-corrected chi connectivity index (χ3v) is 7.31. The van der Waals surface area contributed by atoms with Crippen molar-refractivity contribution in [1.82, 2.24) is 14.8 Å². The van der Waals surface area contributed by atoms with Gasteiger partial charge in [0, 0.05) is 18.1 Å². The Morgan fingerprint density at radius 1 is 1.17 bits per heavy atom. The van der Waals surface area contributed by atoms with E-state index in [1.807, 2.05) is 24.4 Å². The first-order valence-corrected chi connectivity index (χ1v) is 11.2. The number of sulfonamides is 1. The maximum atomic E-state index is 13.7. The molecule has 29 heavy (non-hydrogen) atoms. The number of hydrogen-bond acceptors (Lipinski definition) is 6. The molecule has 0 unspecified atom stereocenters. The number of aryl methyl sites for hydroxylation is 2. The van der Waals surface area contributed by atoms with Crippen LogP contribution in [0.3, 0.4) is 0 Å². The van der Waals surface area contributed by atoms with E-state index >= 15 is 0 Å². The van der Waals surface area contributed by atoms with E-state index in [-0.39, 0.29) is 11.4 Å². The number of hydrogen-bond donors (Lipinski definition) is 0. The second-order valence-corrected chi connectivity index (χ2v) is 9.40. The van der Waals surface area contributed by atoms with Gasteiger partial charge >= 0.3 is 0 Å². The standard InChI is InChI=1S/C20H20N4O3S2/c1-14-19-18(10-11-21-20(19)23(2)22-14)24(13-16-5-4-12-28-16)29(25,26)17-8-6-15(27-3)7-9-17/h4-12H,13H2,1-3H3. The molecule has 150 valence electrons. The third-order valence-electron chi connectivity index (χ3n) is 4.67. The van der Waals surface area contributed by atoms with Crippen LogP contribution in [0.5, 0.6) is 5.75 Å². The monoisotopic (exact) mass is 428 g/mol. The fourth-order valence-electron chi connectivity index (χ4n) is 3.28. The lowest BCUT2D eigenvalue weighted by molar-refractivity contribution is 0.414. The number of thiophene rings is 1. The van der Waals surface area contributed by atoms with Gasteiger partial charge in [0.1, 0.15) is 5.75 Å². The van der Waals surface area contributed by atoms with Crippen molar-refractivity contribution in [2.24, 2.45) is 7.05 Å². The molecule has 0 amide bonds. The lowest BCUT2D eigenvalue weighted by atomic mass is 10.2. The van der Waals surface area contributed by atoms with Crippen molar-refractivity contribution in [3.05, 3.63) is 64.6 Å². The Kier molecular flexibility index (Phi) is 5.01. The summed E-state index contributed by atoms with van der Waals surface area (Å²) in [5, 5.41) is 7.09. The maximum Gasteiger partial charge on any atom is 0.264 e. The normalized spacial score (nSPS) is 11.7. The quantitative estimate of drug-likeness (QED) is 0.468. The van der Waals surface area contributed by atoms with Crippen LogP contribution >= 0.6 is 11.3 Å². The van der Waals surface area contributed by atoms with Crippen LogP contribution in [0.25, 0.3) is 11.0 Å². The highest BCUT2D eigenvalue weighted by atomic mass is 32.2. The molecular formula is C20H20N4O3S2. The number of anilines is 1. The number of methoxy groups -OCH3 is 1. The van der Waals surface area contributed by atoms with Gasteiger partial charge in [-0.25, -0.2) is 13.4 Å². The Labute approximate surface area is 173 Å². The summed E-state index contributed by atoms with van der Waals surface area (Å²) < 4.78 is 35.6. The molecule has 1 aromatic carbocycles. The Hall–Kier alpha value is -2.91. The summed E-state index contributed by atoms with van der Waals surface area (Å²) in [4.78, 5) is 5.52. The lowest BCUT2D eigenvalue weighted by Crippen LogP contribution is -2.30. The van der Waals surface area contributed by atoms with E-state index in [2.05, 4.69) is 10.1 Å². The molecule has 0 fully saturated rings. The van der Waals surface area contributed by atoms with Crippen LogP contribution in [0.1, 0.15) is 10.6 Å². The van der Waals surface area contributed by atoms with E-state index < -0.39 is 10.0 Å². The molecule has 0 atom stereocenters. The van der Waals surface area contributed by atoms with Gasteiger partial charge in [-0.2, -0.15) is 5.10 Å². The van der Waals surface area contributed by atoms with E-state index in [1.165, 1.54) is 15.6 Å².